The van der Waals surface area contributed by atoms with Crippen LogP contribution in [0.15, 0.2) is 12.4 Å². The summed E-state index contributed by atoms with van der Waals surface area (Å²) in [6, 6.07) is 0.339. The van der Waals surface area contributed by atoms with Crippen molar-refractivity contribution < 1.29 is 10.0 Å². The summed E-state index contributed by atoms with van der Waals surface area (Å²) < 4.78 is 1.39. The van der Waals surface area contributed by atoms with Gasteiger partial charge in [-0.2, -0.15) is 5.10 Å². The van der Waals surface area contributed by atoms with E-state index in [1.165, 1.54) is 17.1 Å². The van der Waals surface area contributed by atoms with Crippen molar-refractivity contribution in [3.05, 3.63) is 22.5 Å². The lowest BCUT2D eigenvalue weighted by Crippen LogP contribution is -2.36. The molecule has 7 heteroatoms. The monoisotopic (exact) mass is 284 g/mol. The molecule has 0 fully saturated rings. The Bertz CT molecular complexity index is 422. The van der Waals surface area contributed by atoms with Crippen molar-refractivity contribution in [3.63, 3.8) is 0 Å². The van der Waals surface area contributed by atoms with Gasteiger partial charge in [-0.25, -0.2) is 0 Å². The minimum absolute atomic E-state index is 0.0599. The predicted octanol–water partition coefficient (Wildman–Crippen LogP) is 1.57. The molecule has 0 radical (unpaired) electrons. The molecule has 0 aliphatic rings. The van der Waals surface area contributed by atoms with E-state index in [0.717, 1.165) is 12.8 Å². The van der Waals surface area contributed by atoms with Crippen molar-refractivity contribution in [1.82, 2.24) is 15.1 Å². The molecule has 0 saturated heterocycles. The lowest BCUT2D eigenvalue weighted by molar-refractivity contribution is -0.385. The van der Waals surface area contributed by atoms with Gasteiger partial charge in [-0.1, -0.05) is 20.3 Å². The molecule has 0 amide bonds. The summed E-state index contributed by atoms with van der Waals surface area (Å²) in [6.45, 7) is 7.16. The SMILES string of the molecule is CCC(C)CC(C)NCC(O)Cn1cc([N+](=O)[O-])cn1. The molecular weight excluding hydrogens is 260 g/mol. The van der Waals surface area contributed by atoms with Crippen LogP contribution in [0.4, 0.5) is 5.69 Å². The standard InChI is InChI=1S/C13H24N4O3/c1-4-10(2)5-11(3)14-7-13(18)9-16-8-12(6-15-16)17(19)20/h6,8,10-11,13-14,18H,4-5,7,9H2,1-3H3. The fraction of sp³-hybridized carbons (Fsp3) is 0.769. The lowest BCUT2D eigenvalue weighted by atomic mass is 10.0. The first-order chi connectivity index (χ1) is 9.42. The van der Waals surface area contributed by atoms with Crippen LogP contribution in [-0.4, -0.2) is 38.5 Å². The molecule has 1 rings (SSSR count). The lowest BCUT2D eigenvalue weighted by Gasteiger charge is -2.19. The van der Waals surface area contributed by atoms with E-state index in [0.29, 0.717) is 18.5 Å². The second-order valence-electron chi connectivity index (χ2n) is 5.39. The van der Waals surface area contributed by atoms with Gasteiger partial charge in [-0.15, -0.1) is 0 Å². The Hall–Kier alpha value is -1.47. The number of hydrogen-bond acceptors (Lipinski definition) is 5. The number of aliphatic hydroxyl groups is 1. The van der Waals surface area contributed by atoms with Crippen LogP contribution >= 0.6 is 0 Å². The van der Waals surface area contributed by atoms with Gasteiger partial charge in [0.05, 0.1) is 17.6 Å². The summed E-state index contributed by atoms with van der Waals surface area (Å²) in [5.41, 5.74) is -0.0599. The minimum Gasteiger partial charge on any atom is -0.390 e. The molecule has 2 N–H and O–H groups in total. The Balaban J connectivity index is 2.32. The van der Waals surface area contributed by atoms with E-state index in [1.807, 2.05) is 0 Å². The molecule has 3 atom stereocenters. The number of aliphatic hydroxyl groups excluding tert-OH is 1. The van der Waals surface area contributed by atoms with E-state index in [9.17, 15) is 15.2 Å². The third-order valence-electron chi connectivity index (χ3n) is 3.38. The van der Waals surface area contributed by atoms with Crippen LogP contribution in [0, 0.1) is 16.0 Å². The number of hydrogen-bond donors (Lipinski definition) is 2. The molecule has 3 unspecified atom stereocenters. The molecule has 1 heterocycles. The van der Waals surface area contributed by atoms with E-state index in [1.54, 1.807) is 0 Å². The molecule has 0 bridgehead atoms. The van der Waals surface area contributed by atoms with Gasteiger partial charge in [0.2, 0.25) is 0 Å². The van der Waals surface area contributed by atoms with Gasteiger partial charge in [0.25, 0.3) is 0 Å². The zero-order valence-electron chi connectivity index (χ0n) is 12.3. The molecule has 7 nitrogen and oxygen atoms in total. The van der Waals surface area contributed by atoms with Crippen LogP contribution in [0.2, 0.25) is 0 Å². The summed E-state index contributed by atoms with van der Waals surface area (Å²) in [5.74, 6) is 0.656. The van der Waals surface area contributed by atoms with Crippen molar-refractivity contribution in [2.45, 2.75) is 52.3 Å². The Morgan fingerprint density at radius 2 is 2.25 bits per heavy atom. The summed E-state index contributed by atoms with van der Waals surface area (Å²) in [7, 11) is 0. The highest BCUT2D eigenvalue weighted by molar-refractivity contribution is 5.20. The van der Waals surface area contributed by atoms with E-state index >= 15 is 0 Å². The number of nitro groups is 1. The van der Waals surface area contributed by atoms with Gasteiger partial charge in [-0.05, 0) is 19.3 Å². The smallest absolute Gasteiger partial charge is 0.306 e. The van der Waals surface area contributed by atoms with Crippen molar-refractivity contribution in [2.24, 2.45) is 5.92 Å². The highest BCUT2D eigenvalue weighted by atomic mass is 16.6. The number of nitrogens with zero attached hydrogens (tertiary/aromatic N) is 3. The fourth-order valence-corrected chi connectivity index (χ4v) is 2.02. The van der Waals surface area contributed by atoms with E-state index in [-0.39, 0.29) is 12.2 Å². The van der Waals surface area contributed by atoms with Crippen LogP contribution in [0.5, 0.6) is 0 Å². The molecule has 1 aromatic rings. The zero-order chi connectivity index (χ0) is 15.1. The summed E-state index contributed by atoms with van der Waals surface area (Å²) in [5, 5.41) is 27.5. The van der Waals surface area contributed by atoms with Gasteiger partial charge in [-0.3, -0.25) is 14.8 Å². The molecule has 0 aliphatic carbocycles. The number of nitrogens with one attached hydrogen (secondary N) is 1. The average Bonchev–Trinajstić information content (AvgIpc) is 2.85. The summed E-state index contributed by atoms with van der Waals surface area (Å²) in [4.78, 5) is 10.0. The second-order valence-corrected chi connectivity index (χ2v) is 5.39. The summed E-state index contributed by atoms with van der Waals surface area (Å²) in [6.07, 6.45) is 4.10. The number of aromatic nitrogens is 2. The normalized spacial score (nSPS) is 15.8. The van der Waals surface area contributed by atoms with Crippen LogP contribution in [0.3, 0.4) is 0 Å². The first-order valence-electron chi connectivity index (χ1n) is 7.00. The van der Waals surface area contributed by atoms with Gasteiger partial charge in [0, 0.05) is 12.6 Å². The largest absolute Gasteiger partial charge is 0.390 e. The Labute approximate surface area is 119 Å². The fourth-order valence-electron chi connectivity index (χ4n) is 2.02. The third kappa shape index (κ3) is 5.66. The van der Waals surface area contributed by atoms with Crippen LogP contribution in [0.25, 0.3) is 0 Å². The second kappa shape index (κ2) is 7.96. The Kier molecular flexibility index (Phi) is 6.60. The summed E-state index contributed by atoms with van der Waals surface area (Å²) >= 11 is 0. The topological polar surface area (TPSA) is 93.2 Å². The first-order valence-corrected chi connectivity index (χ1v) is 7.00. The Morgan fingerprint density at radius 3 is 2.80 bits per heavy atom. The van der Waals surface area contributed by atoms with Crippen LogP contribution in [-0.2, 0) is 6.54 Å². The zero-order valence-corrected chi connectivity index (χ0v) is 12.3. The maximum Gasteiger partial charge on any atom is 0.306 e. The molecular formula is C13H24N4O3. The van der Waals surface area contributed by atoms with Gasteiger partial charge in [0.15, 0.2) is 0 Å². The molecule has 20 heavy (non-hydrogen) atoms. The third-order valence-corrected chi connectivity index (χ3v) is 3.38. The first kappa shape index (κ1) is 16.6. The van der Waals surface area contributed by atoms with Crippen molar-refractivity contribution in [3.8, 4) is 0 Å². The Morgan fingerprint density at radius 1 is 1.55 bits per heavy atom. The van der Waals surface area contributed by atoms with Gasteiger partial charge < -0.3 is 10.4 Å². The molecule has 0 spiro atoms. The van der Waals surface area contributed by atoms with Crippen LogP contribution in [0.1, 0.15) is 33.6 Å². The quantitative estimate of drug-likeness (QED) is 0.530. The van der Waals surface area contributed by atoms with Crippen LogP contribution < -0.4 is 5.32 Å². The van der Waals surface area contributed by atoms with E-state index < -0.39 is 11.0 Å². The van der Waals surface area contributed by atoms with E-state index in [4.69, 9.17) is 0 Å². The van der Waals surface area contributed by atoms with Gasteiger partial charge >= 0.3 is 5.69 Å². The highest BCUT2D eigenvalue weighted by Crippen LogP contribution is 2.10. The molecule has 114 valence electrons. The van der Waals surface area contributed by atoms with Crippen molar-refractivity contribution in [1.29, 1.82) is 0 Å². The van der Waals surface area contributed by atoms with E-state index in [2.05, 4.69) is 31.2 Å². The molecule has 0 saturated carbocycles. The minimum atomic E-state index is -0.617. The molecule has 0 aromatic carbocycles. The molecule has 0 aliphatic heterocycles. The van der Waals surface area contributed by atoms with Gasteiger partial charge in [0.1, 0.15) is 12.4 Å². The molecule has 1 aromatic heterocycles. The van der Waals surface area contributed by atoms with Crippen molar-refractivity contribution in [2.75, 3.05) is 6.54 Å². The van der Waals surface area contributed by atoms with Crippen molar-refractivity contribution >= 4 is 5.69 Å². The maximum atomic E-state index is 10.5. The number of rotatable bonds is 9. The highest BCUT2D eigenvalue weighted by Gasteiger charge is 2.13. The average molecular weight is 284 g/mol. The predicted molar refractivity (Wildman–Crippen MR) is 76.4 cm³/mol. The maximum absolute atomic E-state index is 10.5.